The second-order valence-electron chi connectivity index (χ2n) is 7.41. The minimum Gasteiger partial charge on any atom is -0.365 e. The van der Waals surface area contributed by atoms with Crippen molar-refractivity contribution in [3.63, 3.8) is 0 Å². The summed E-state index contributed by atoms with van der Waals surface area (Å²) in [5, 5.41) is 0. The minimum absolute atomic E-state index is 0.0345. The van der Waals surface area contributed by atoms with Crippen LogP contribution >= 0.6 is 0 Å². The van der Waals surface area contributed by atoms with Crippen LogP contribution in [0.3, 0.4) is 0 Å². The molecule has 1 aromatic heterocycles. The van der Waals surface area contributed by atoms with Crippen molar-refractivity contribution in [1.29, 1.82) is 0 Å². The highest BCUT2D eigenvalue weighted by Gasteiger charge is 2.29. The maximum absolute atomic E-state index is 6.22. The largest absolute Gasteiger partial charge is 0.365 e. The van der Waals surface area contributed by atoms with E-state index in [9.17, 15) is 0 Å². The van der Waals surface area contributed by atoms with E-state index in [-0.39, 0.29) is 12.2 Å². The van der Waals surface area contributed by atoms with Gasteiger partial charge in [0.1, 0.15) is 0 Å². The second kappa shape index (κ2) is 6.54. The maximum Gasteiger partial charge on any atom is 0.0977 e. The van der Waals surface area contributed by atoms with Crippen LogP contribution in [0.15, 0.2) is 17.7 Å². The SMILES string of the molecule is C/C1=C/C(C(C)C)c2c(C(C)C)cc(C)nc2[C@H](C)O[C@@H]1C. The molecule has 1 aromatic rings. The molecule has 0 fully saturated rings. The first kappa shape index (κ1) is 17.2. The van der Waals surface area contributed by atoms with E-state index in [0.717, 1.165) is 11.4 Å². The summed E-state index contributed by atoms with van der Waals surface area (Å²) in [4.78, 5) is 4.88. The van der Waals surface area contributed by atoms with Gasteiger partial charge in [0.05, 0.1) is 17.9 Å². The lowest BCUT2D eigenvalue weighted by atomic mass is 9.79. The highest BCUT2D eigenvalue weighted by atomic mass is 16.5. The van der Waals surface area contributed by atoms with E-state index in [1.165, 1.54) is 16.7 Å². The van der Waals surface area contributed by atoms with Gasteiger partial charge in [0.15, 0.2) is 0 Å². The van der Waals surface area contributed by atoms with E-state index in [1.54, 1.807) is 0 Å². The van der Waals surface area contributed by atoms with E-state index < -0.39 is 0 Å². The lowest BCUT2D eigenvalue weighted by Crippen LogP contribution is -2.23. The normalized spacial score (nSPS) is 28.1. The molecule has 2 rings (SSSR count). The number of hydrogen-bond acceptors (Lipinski definition) is 2. The molecule has 0 saturated heterocycles. The number of aryl methyl sites for hydroxylation is 1. The van der Waals surface area contributed by atoms with Crippen LogP contribution < -0.4 is 0 Å². The van der Waals surface area contributed by atoms with Gasteiger partial charge in [-0.05, 0) is 62.3 Å². The zero-order valence-electron chi connectivity index (χ0n) is 15.4. The van der Waals surface area contributed by atoms with E-state index in [0.29, 0.717) is 17.8 Å². The highest BCUT2D eigenvalue weighted by molar-refractivity contribution is 5.42. The van der Waals surface area contributed by atoms with Crippen LogP contribution in [0.1, 0.15) is 88.9 Å². The first-order chi connectivity index (χ1) is 10.2. The second-order valence-corrected chi connectivity index (χ2v) is 7.41. The summed E-state index contributed by atoms with van der Waals surface area (Å²) >= 11 is 0. The minimum atomic E-state index is 0.0345. The Bertz CT molecular complexity index is 571. The third kappa shape index (κ3) is 3.27. The molecule has 22 heavy (non-hydrogen) atoms. The molecule has 1 aliphatic heterocycles. The molecule has 3 atom stereocenters. The summed E-state index contributed by atoms with van der Waals surface area (Å²) in [6.45, 7) is 17.7. The van der Waals surface area contributed by atoms with Crippen LogP contribution in [-0.4, -0.2) is 11.1 Å². The Morgan fingerprint density at radius 2 is 1.68 bits per heavy atom. The van der Waals surface area contributed by atoms with Gasteiger partial charge in [-0.2, -0.15) is 0 Å². The zero-order valence-corrected chi connectivity index (χ0v) is 15.4. The number of pyridine rings is 1. The average molecular weight is 301 g/mol. The number of fused-ring (bicyclic) bond motifs is 1. The molecule has 0 aromatic carbocycles. The fourth-order valence-corrected chi connectivity index (χ4v) is 3.39. The quantitative estimate of drug-likeness (QED) is 0.656. The number of hydrogen-bond donors (Lipinski definition) is 0. The van der Waals surface area contributed by atoms with Crippen LogP contribution in [-0.2, 0) is 4.74 Å². The topological polar surface area (TPSA) is 22.1 Å². The van der Waals surface area contributed by atoms with Gasteiger partial charge >= 0.3 is 0 Å². The summed E-state index contributed by atoms with van der Waals surface area (Å²) in [5.74, 6) is 1.46. The molecule has 0 amide bonds. The standard InChI is InChI=1S/C20H31NO/c1-11(2)17-9-13(5)15(7)22-16(8)20-19(17)18(12(3)4)10-14(6)21-20/h9-12,15-17H,1-8H3/b13-9-/t15-,16+,17?/m1/s1. The molecule has 0 saturated carbocycles. The first-order valence-corrected chi connectivity index (χ1v) is 8.57. The van der Waals surface area contributed by atoms with Crippen molar-refractivity contribution in [2.24, 2.45) is 5.92 Å². The van der Waals surface area contributed by atoms with Gasteiger partial charge in [-0.3, -0.25) is 4.98 Å². The van der Waals surface area contributed by atoms with Gasteiger partial charge in [-0.1, -0.05) is 33.8 Å². The summed E-state index contributed by atoms with van der Waals surface area (Å²) in [6.07, 6.45) is 2.59. The zero-order chi connectivity index (χ0) is 16.6. The van der Waals surface area contributed by atoms with Crippen LogP contribution in [0, 0.1) is 12.8 Å². The molecule has 0 radical (unpaired) electrons. The van der Waals surface area contributed by atoms with E-state index in [4.69, 9.17) is 9.72 Å². The van der Waals surface area contributed by atoms with Crippen LogP contribution in [0.4, 0.5) is 0 Å². The summed E-state index contributed by atoms with van der Waals surface area (Å²) in [6, 6.07) is 2.26. The molecule has 1 unspecified atom stereocenters. The molecule has 0 spiro atoms. The summed E-state index contributed by atoms with van der Waals surface area (Å²) < 4.78 is 6.22. The van der Waals surface area contributed by atoms with Crippen LogP contribution in [0.5, 0.6) is 0 Å². The molecular formula is C20H31NO. The summed E-state index contributed by atoms with van der Waals surface area (Å²) in [7, 11) is 0. The fourth-order valence-electron chi connectivity index (χ4n) is 3.39. The van der Waals surface area contributed by atoms with E-state index in [1.807, 2.05) is 0 Å². The predicted octanol–water partition coefficient (Wildman–Crippen LogP) is 5.68. The van der Waals surface area contributed by atoms with Crippen molar-refractivity contribution in [3.05, 3.63) is 40.2 Å². The van der Waals surface area contributed by atoms with Gasteiger partial charge in [-0.25, -0.2) is 0 Å². The lowest BCUT2D eigenvalue weighted by Gasteiger charge is -2.32. The van der Waals surface area contributed by atoms with E-state index >= 15 is 0 Å². The fraction of sp³-hybridized carbons (Fsp3) is 0.650. The van der Waals surface area contributed by atoms with Gasteiger partial charge in [-0.15, -0.1) is 0 Å². The monoisotopic (exact) mass is 301 g/mol. The number of allylic oxidation sites excluding steroid dienone is 1. The van der Waals surface area contributed by atoms with Crippen molar-refractivity contribution in [2.75, 3.05) is 0 Å². The Hall–Kier alpha value is -1.15. The molecule has 2 heterocycles. The van der Waals surface area contributed by atoms with Gasteiger partial charge in [0.2, 0.25) is 0 Å². The number of aromatic nitrogens is 1. The molecule has 1 aliphatic rings. The molecule has 2 nitrogen and oxygen atoms in total. The Morgan fingerprint density at radius 1 is 1.05 bits per heavy atom. The van der Waals surface area contributed by atoms with Gasteiger partial charge < -0.3 is 4.74 Å². The molecular weight excluding hydrogens is 270 g/mol. The van der Waals surface area contributed by atoms with E-state index in [2.05, 4.69) is 67.5 Å². The Balaban J connectivity index is 2.76. The van der Waals surface area contributed by atoms with Crippen molar-refractivity contribution in [1.82, 2.24) is 4.98 Å². The molecule has 0 bridgehead atoms. The first-order valence-electron chi connectivity index (χ1n) is 8.57. The van der Waals surface area contributed by atoms with Crippen molar-refractivity contribution in [3.8, 4) is 0 Å². The Morgan fingerprint density at radius 3 is 2.23 bits per heavy atom. The summed E-state index contributed by atoms with van der Waals surface area (Å²) in [5.41, 5.74) is 6.38. The van der Waals surface area contributed by atoms with Crippen LogP contribution in [0.2, 0.25) is 0 Å². The Kier molecular flexibility index (Phi) is 5.11. The van der Waals surface area contributed by atoms with Gasteiger partial charge in [0, 0.05) is 11.6 Å². The third-order valence-corrected chi connectivity index (χ3v) is 4.80. The van der Waals surface area contributed by atoms with Crippen LogP contribution in [0.25, 0.3) is 0 Å². The number of rotatable bonds is 2. The molecule has 0 aliphatic carbocycles. The molecule has 0 N–H and O–H groups in total. The lowest BCUT2D eigenvalue weighted by molar-refractivity contribution is 0.0221. The van der Waals surface area contributed by atoms with Crippen molar-refractivity contribution in [2.45, 2.75) is 79.4 Å². The number of nitrogens with zero attached hydrogens (tertiary/aromatic N) is 1. The van der Waals surface area contributed by atoms with Crippen molar-refractivity contribution >= 4 is 0 Å². The van der Waals surface area contributed by atoms with Crippen molar-refractivity contribution < 1.29 is 4.74 Å². The number of ether oxygens (including phenoxy) is 1. The maximum atomic E-state index is 6.22. The smallest absolute Gasteiger partial charge is 0.0977 e. The third-order valence-electron chi connectivity index (χ3n) is 4.80. The predicted molar refractivity (Wildman–Crippen MR) is 93.4 cm³/mol. The molecule has 122 valence electrons. The van der Waals surface area contributed by atoms with Gasteiger partial charge in [0.25, 0.3) is 0 Å². The Labute approximate surface area is 136 Å². The molecule has 2 heteroatoms. The average Bonchev–Trinajstić information content (AvgIpc) is 2.42. The highest BCUT2D eigenvalue weighted by Crippen LogP contribution is 2.40.